The molecule has 2 unspecified atom stereocenters. The van der Waals surface area contributed by atoms with Crippen LogP contribution in [-0.4, -0.2) is 10.8 Å². The number of benzene rings is 1. The Morgan fingerprint density at radius 1 is 1.27 bits per heavy atom. The van der Waals surface area contributed by atoms with Crippen molar-refractivity contribution in [2.45, 2.75) is 25.2 Å². The molecule has 1 aromatic heterocycles. The topological polar surface area (TPSA) is 30.0 Å². The molecule has 1 fully saturated rings. The maximum atomic E-state index is 12.9. The number of pyridine rings is 1. The Kier molecular flexibility index (Phi) is 4.02. The molecular formula is C19H16FNO. The molecule has 3 rings (SSSR count). The number of carbonyl (C=O) groups is 1. The fraction of sp³-hybridized carbons (Fsp3) is 0.263. The summed E-state index contributed by atoms with van der Waals surface area (Å²) in [6, 6.07) is 10.2. The van der Waals surface area contributed by atoms with Crippen LogP contribution in [0.2, 0.25) is 0 Å². The van der Waals surface area contributed by atoms with Gasteiger partial charge in [-0.25, -0.2) is 4.39 Å². The van der Waals surface area contributed by atoms with Crippen LogP contribution in [0.1, 0.15) is 30.7 Å². The molecule has 1 saturated carbocycles. The van der Waals surface area contributed by atoms with E-state index in [1.807, 2.05) is 18.3 Å². The predicted molar refractivity (Wildman–Crippen MR) is 83.6 cm³/mol. The Morgan fingerprint density at radius 3 is 2.68 bits per heavy atom. The zero-order chi connectivity index (χ0) is 15.5. The van der Waals surface area contributed by atoms with Gasteiger partial charge in [0.25, 0.3) is 0 Å². The quantitative estimate of drug-likeness (QED) is 0.781. The van der Waals surface area contributed by atoms with E-state index in [4.69, 9.17) is 6.42 Å². The summed E-state index contributed by atoms with van der Waals surface area (Å²) in [6.07, 6.45) is 8.88. The molecule has 0 aliphatic heterocycles. The largest absolute Gasteiger partial charge is 0.299 e. The van der Waals surface area contributed by atoms with Crippen LogP contribution in [0.4, 0.5) is 4.39 Å². The van der Waals surface area contributed by atoms with Gasteiger partial charge >= 0.3 is 0 Å². The molecule has 0 amide bonds. The summed E-state index contributed by atoms with van der Waals surface area (Å²) in [5, 5.41) is 0. The number of nitrogens with zero attached hydrogens (tertiary/aromatic N) is 1. The van der Waals surface area contributed by atoms with E-state index in [0.717, 1.165) is 23.2 Å². The highest BCUT2D eigenvalue weighted by Gasteiger charge is 2.43. The lowest BCUT2D eigenvalue weighted by molar-refractivity contribution is -0.120. The van der Waals surface area contributed by atoms with Gasteiger partial charge in [-0.15, -0.1) is 12.3 Å². The van der Waals surface area contributed by atoms with Crippen LogP contribution in [0.5, 0.6) is 0 Å². The van der Waals surface area contributed by atoms with Crippen molar-refractivity contribution in [3.8, 4) is 23.6 Å². The minimum absolute atomic E-state index is 0.104. The second-order valence-electron chi connectivity index (χ2n) is 5.60. The van der Waals surface area contributed by atoms with E-state index < -0.39 is 0 Å². The molecule has 0 spiro atoms. The maximum absolute atomic E-state index is 12.9. The van der Waals surface area contributed by atoms with Crippen LogP contribution in [0.25, 0.3) is 11.3 Å². The molecule has 0 saturated heterocycles. The number of halogens is 1. The van der Waals surface area contributed by atoms with Crippen molar-refractivity contribution in [3.05, 3.63) is 54.0 Å². The van der Waals surface area contributed by atoms with E-state index in [0.29, 0.717) is 12.8 Å². The average Bonchev–Trinajstić information content (AvgIpc) is 3.34. The van der Waals surface area contributed by atoms with E-state index in [2.05, 4.69) is 10.9 Å². The first-order valence-electron chi connectivity index (χ1n) is 7.37. The smallest absolute Gasteiger partial charge is 0.137 e. The minimum atomic E-state index is -0.258. The Labute approximate surface area is 129 Å². The van der Waals surface area contributed by atoms with Gasteiger partial charge in [0.05, 0.1) is 5.69 Å². The maximum Gasteiger partial charge on any atom is 0.137 e. The van der Waals surface area contributed by atoms with Crippen LogP contribution in [-0.2, 0) is 4.79 Å². The molecule has 1 aromatic carbocycles. The molecule has 22 heavy (non-hydrogen) atoms. The molecule has 110 valence electrons. The number of rotatable bonds is 5. The zero-order valence-electron chi connectivity index (χ0n) is 12.1. The van der Waals surface area contributed by atoms with Crippen LogP contribution in [0, 0.1) is 24.1 Å². The molecule has 3 heteroatoms. The lowest BCUT2D eigenvalue weighted by Gasteiger charge is -2.03. The Morgan fingerprint density at radius 2 is 2.05 bits per heavy atom. The highest BCUT2D eigenvalue weighted by atomic mass is 19.1. The van der Waals surface area contributed by atoms with Gasteiger partial charge in [0.2, 0.25) is 0 Å². The van der Waals surface area contributed by atoms with Crippen molar-refractivity contribution in [1.82, 2.24) is 4.98 Å². The fourth-order valence-corrected chi connectivity index (χ4v) is 2.72. The third kappa shape index (κ3) is 3.07. The summed E-state index contributed by atoms with van der Waals surface area (Å²) >= 11 is 0. The van der Waals surface area contributed by atoms with Gasteiger partial charge in [-0.05, 0) is 48.2 Å². The summed E-state index contributed by atoms with van der Waals surface area (Å²) < 4.78 is 12.9. The summed E-state index contributed by atoms with van der Waals surface area (Å²) in [5.41, 5.74) is 2.77. The molecule has 0 radical (unpaired) electrons. The molecule has 2 aromatic rings. The molecule has 2 nitrogen and oxygen atoms in total. The van der Waals surface area contributed by atoms with Crippen molar-refractivity contribution in [3.63, 3.8) is 0 Å². The number of hydrogen-bond donors (Lipinski definition) is 0. The molecule has 1 aliphatic rings. The van der Waals surface area contributed by atoms with Crippen LogP contribution in [0.3, 0.4) is 0 Å². The zero-order valence-corrected chi connectivity index (χ0v) is 12.1. The summed E-state index contributed by atoms with van der Waals surface area (Å²) in [5.74, 6) is 2.88. The van der Waals surface area contributed by atoms with Crippen LogP contribution < -0.4 is 0 Å². The lowest BCUT2D eigenvalue weighted by atomic mass is 10.1. The molecule has 0 bridgehead atoms. The minimum Gasteiger partial charge on any atom is -0.299 e. The molecular weight excluding hydrogens is 277 g/mol. The Bertz CT molecular complexity index is 713. The first kappa shape index (κ1) is 14.5. The van der Waals surface area contributed by atoms with Gasteiger partial charge in [-0.2, -0.15) is 0 Å². The second kappa shape index (κ2) is 6.11. The number of Topliss-reactive ketones (excluding diaryl/α,β-unsaturated/α-hetero) is 1. The van der Waals surface area contributed by atoms with Crippen molar-refractivity contribution in [2.75, 3.05) is 0 Å². The van der Waals surface area contributed by atoms with Gasteiger partial charge < -0.3 is 0 Å². The monoisotopic (exact) mass is 293 g/mol. The number of carbonyl (C=O) groups excluding carboxylic acids is 1. The molecule has 1 aliphatic carbocycles. The van der Waals surface area contributed by atoms with Crippen LogP contribution >= 0.6 is 0 Å². The van der Waals surface area contributed by atoms with E-state index in [9.17, 15) is 9.18 Å². The number of ketones is 1. The number of hydrogen-bond acceptors (Lipinski definition) is 2. The molecule has 0 N–H and O–H groups in total. The van der Waals surface area contributed by atoms with Gasteiger partial charge in [-0.1, -0.05) is 6.07 Å². The van der Waals surface area contributed by atoms with Gasteiger partial charge in [0, 0.05) is 30.5 Å². The highest BCUT2D eigenvalue weighted by Crippen LogP contribution is 2.48. The SMILES string of the molecule is C#CCCC(=O)C1CC1c1ccc(-c2ccc(F)cc2)nc1. The van der Waals surface area contributed by atoms with E-state index in [-0.39, 0.29) is 23.4 Å². The third-order valence-electron chi connectivity index (χ3n) is 4.07. The van der Waals surface area contributed by atoms with E-state index in [1.54, 1.807) is 12.1 Å². The first-order chi connectivity index (χ1) is 10.7. The normalized spacial score (nSPS) is 19.5. The van der Waals surface area contributed by atoms with Gasteiger partial charge in [0.1, 0.15) is 11.6 Å². The van der Waals surface area contributed by atoms with Gasteiger partial charge in [-0.3, -0.25) is 9.78 Å². The number of aromatic nitrogens is 1. The number of terminal acetylenes is 1. The van der Waals surface area contributed by atoms with Crippen LogP contribution in [0.15, 0.2) is 42.6 Å². The third-order valence-corrected chi connectivity index (χ3v) is 4.07. The lowest BCUT2D eigenvalue weighted by Crippen LogP contribution is -2.01. The van der Waals surface area contributed by atoms with E-state index >= 15 is 0 Å². The average molecular weight is 293 g/mol. The summed E-state index contributed by atoms with van der Waals surface area (Å²) in [4.78, 5) is 16.3. The fourth-order valence-electron chi connectivity index (χ4n) is 2.72. The Balaban J connectivity index is 1.67. The van der Waals surface area contributed by atoms with E-state index in [1.165, 1.54) is 12.1 Å². The summed E-state index contributed by atoms with van der Waals surface area (Å²) in [7, 11) is 0. The standard InChI is InChI=1S/C19H16FNO/c1-2-3-4-19(22)17-11-16(17)14-7-10-18(21-12-14)13-5-8-15(20)9-6-13/h1,5-10,12,16-17H,3-4,11H2. The molecule has 1 heterocycles. The predicted octanol–water partition coefficient (Wildman–Crippen LogP) is 3.97. The second-order valence-corrected chi connectivity index (χ2v) is 5.60. The van der Waals surface area contributed by atoms with Crippen molar-refractivity contribution >= 4 is 5.78 Å². The van der Waals surface area contributed by atoms with Crippen molar-refractivity contribution < 1.29 is 9.18 Å². The van der Waals surface area contributed by atoms with Crippen molar-refractivity contribution in [2.24, 2.45) is 5.92 Å². The summed E-state index contributed by atoms with van der Waals surface area (Å²) in [6.45, 7) is 0. The molecule has 2 atom stereocenters. The first-order valence-corrected chi connectivity index (χ1v) is 7.37. The van der Waals surface area contributed by atoms with Crippen molar-refractivity contribution in [1.29, 1.82) is 0 Å². The van der Waals surface area contributed by atoms with Gasteiger partial charge in [0.15, 0.2) is 0 Å². The highest BCUT2D eigenvalue weighted by molar-refractivity contribution is 5.85. The Hall–Kier alpha value is -2.47.